The van der Waals surface area contributed by atoms with Crippen molar-refractivity contribution in [2.75, 3.05) is 4.90 Å². The zero-order valence-corrected chi connectivity index (χ0v) is 17.5. The number of rotatable bonds is 4. The maximum atomic E-state index is 13.7. The van der Waals surface area contributed by atoms with Crippen molar-refractivity contribution >= 4 is 51.8 Å². The van der Waals surface area contributed by atoms with Crippen LogP contribution in [0.2, 0.25) is 0 Å². The first-order chi connectivity index (χ1) is 14.2. The van der Waals surface area contributed by atoms with E-state index in [4.69, 9.17) is 0 Å². The first-order valence-corrected chi connectivity index (χ1v) is 11.3. The van der Waals surface area contributed by atoms with E-state index in [0.29, 0.717) is 6.42 Å². The summed E-state index contributed by atoms with van der Waals surface area (Å²) >= 11 is 3.21. The fourth-order valence-corrected chi connectivity index (χ4v) is 5.53. The molecule has 5 rings (SSSR count). The Labute approximate surface area is 177 Å². The fourth-order valence-electron chi connectivity index (χ4n) is 3.51. The summed E-state index contributed by atoms with van der Waals surface area (Å²) in [7, 11) is 0. The van der Waals surface area contributed by atoms with Gasteiger partial charge in [-0.3, -0.25) is 9.69 Å². The first-order valence-electron chi connectivity index (χ1n) is 9.56. The summed E-state index contributed by atoms with van der Waals surface area (Å²) in [4.78, 5) is 25.8. The highest BCUT2D eigenvalue weighted by atomic mass is 32.2. The topological polar surface area (TPSA) is 49.0 Å². The van der Waals surface area contributed by atoms with E-state index in [9.17, 15) is 4.79 Å². The molecule has 2 heterocycles. The van der Waals surface area contributed by atoms with Gasteiger partial charge in [0.1, 0.15) is 0 Å². The van der Waals surface area contributed by atoms with Crippen molar-refractivity contribution in [3.63, 3.8) is 0 Å². The molecule has 1 amide bonds. The van der Waals surface area contributed by atoms with Crippen LogP contribution in [0.5, 0.6) is 0 Å². The summed E-state index contributed by atoms with van der Waals surface area (Å²) in [5.74, 6) is 0.0816. The van der Waals surface area contributed by atoms with Crippen LogP contribution in [0, 0.1) is 0 Å². The van der Waals surface area contributed by atoms with Crippen molar-refractivity contribution in [2.45, 2.75) is 33.5 Å². The molecular formula is C23H19N3OS2. The SMILES string of the molecule is CCC(Sc1nc2ccccc2[nH]1)C(=O)N1c2ccccc2Sc2ccccc21. The number of thioether (sulfide) groups is 1. The van der Waals surface area contributed by atoms with Gasteiger partial charge in [-0.05, 0) is 42.8 Å². The first kappa shape index (κ1) is 18.3. The van der Waals surface area contributed by atoms with Crippen LogP contribution >= 0.6 is 23.5 Å². The van der Waals surface area contributed by atoms with Gasteiger partial charge in [0.05, 0.1) is 27.7 Å². The van der Waals surface area contributed by atoms with E-state index in [2.05, 4.69) is 29.0 Å². The third-order valence-corrected chi connectivity index (χ3v) is 7.29. The van der Waals surface area contributed by atoms with Gasteiger partial charge in [0, 0.05) is 9.79 Å². The number of amides is 1. The second-order valence-corrected chi connectivity index (χ2v) is 9.06. The van der Waals surface area contributed by atoms with Gasteiger partial charge in [-0.15, -0.1) is 0 Å². The van der Waals surface area contributed by atoms with Gasteiger partial charge in [0.25, 0.3) is 0 Å². The molecule has 0 bridgehead atoms. The lowest BCUT2D eigenvalue weighted by Gasteiger charge is -2.33. The van der Waals surface area contributed by atoms with E-state index in [1.807, 2.05) is 65.6 Å². The summed E-state index contributed by atoms with van der Waals surface area (Å²) in [6.07, 6.45) is 0.717. The lowest BCUT2D eigenvalue weighted by Crippen LogP contribution is -2.35. The van der Waals surface area contributed by atoms with Crippen molar-refractivity contribution in [3.05, 3.63) is 72.8 Å². The van der Waals surface area contributed by atoms with E-state index in [1.54, 1.807) is 11.8 Å². The molecule has 1 N–H and O–H groups in total. The molecule has 1 aliphatic heterocycles. The van der Waals surface area contributed by atoms with Crippen LogP contribution in [-0.4, -0.2) is 21.1 Å². The molecule has 4 aromatic rings. The Bertz CT molecular complexity index is 1120. The van der Waals surface area contributed by atoms with E-state index in [-0.39, 0.29) is 11.2 Å². The molecule has 1 aromatic heterocycles. The molecular weight excluding hydrogens is 398 g/mol. The quantitative estimate of drug-likeness (QED) is 0.398. The number of nitrogens with zero attached hydrogens (tertiary/aromatic N) is 2. The molecule has 0 spiro atoms. The van der Waals surface area contributed by atoms with Crippen LogP contribution in [0.15, 0.2) is 87.7 Å². The van der Waals surface area contributed by atoms with Crippen molar-refractivity contribution in [1.29, 1.82) is 0 Å². The molecule has 0 radical (unpaired) electrons. The minimum atomic E-state index is -0.236. The highest BCUT2D eigenvalue weighted by Gasteiger charge is 2.32. The number of carbonyl (C=O) groups excluding carboxylic acids is 1. The summed E-state index contributed by atoms with van der Waals surface area (Å²) in [5, 5.41) is 0.541. The van der Waals surface area contributed by atoms with Crippen molar-refractivity contribution in [2.24, 2.45) is 0 Å². The van der Waals surface area contributed by atoms with Gasteiger partial charge in [-0.2, -0.15) is 0 Å². The van der Waals surface area contributed by atoms with E-state index >= 15 is 0 Å². The van der Waals surface area contributed by atoms with Gasteiger partial charge >= 0.3 is 0 Å². The number of H-pyrrole nitrogens is 1. The predicted molar refractivity (Wildman–Crippen MR) is 120 cm³/mol. The highest BCUT2D eigenvalue weighted by molar-refractivity contribution is 8.00. The maximum absolute atomic E-state index is 13.7. The third kappa shape index (κ3) is 3.32. The summed E-state index contributed by atoms with van der Waals surface area (Å²) in [5.41, 5.74) is 3.81. The third-order valence-electron chi connectivity index (χ3n) is 4.92. The number of anilines is 2. The number of hydrogen-bond acceptors (Lipinski definition) is 4. The molecule has 144 valence electrons. The monoisotopic (exact) mass is 417 g/mol. The van der Waals surface area contributed by atoms with E-state index in [1.165, 1.54) is 11.8 Å². The number of aromatic amines is 1. The lowest BCUT2D eigenvalue weighted by atomic mass is 10.2. The Morgan fingerprint density at radius 1 is 1.00 bits per heavy atom. The number of carbonyl (C=O) groups is 1. The number of para-hydroxylation sites is 4. The average molecular weight is 418 g/mol. The Morgan fingerprint density at radius 2 is 1.62 bits per heavy atom. The van der Waals surface area contributed by atoms with Crippen LogP contribution in [0.3, 0.4) is 0 Å². The average Bonchev–Trinajstić information content (AvgIpc) is 3.18. The Hall–Kier alpha value is -2.70. The number of hydrogen-bond donors (Lipinski definition) is 1. The molecule has 6 heteroatoms. The predicted octanol–water partition coefficient (Wildman–Crippen LogP) is 6.26. The van der Waals surface area contributed by atoms with E-state index in [0.717, 1.165) is 37.4 Å². The standard InChI is InChI=1S/C23H19N3OS2/c1-2-19(29-23-24-15-9-3-4-10-16(15)25-23)22(27)26-17-11-5-7-13-20(17)28-21-14-8-6-12-18(21)26/h3-14,19H,2H2,1H3,(H,24,25). The van der Waals surface area contributed by atoms with Crippen molar-refractivity contribution in [1.82, 2.24) is 9.97 Å². The van der Waals surface area contributed by atoms with E-state index < -0.39 is 0 Å². The van der Waals surface area contributed by atoms with Crippen LogP contribution in [0.4, 0.5) is 11.4 Å². The molecule has 4 nitrogen and oxygen atoms in total. The molecule has 1 aliphatic rings. The Morgan fingerprint density at radius 3 is 2.28 bits per heavy atom. The molecule has 0 fully saturated rings. The summed E-state index contributed by atoms with van der Waals surface area (Å²) in [6, 6.07) is 24.1. The molecule has 1 atom stereocenters. The highest BCUT2D eigenvalue weighted by Crippen LogP contribution is 2.48. The largest absolute Gasteiger partial charge is 0.333 e. The maximum Gasteiger partial charge on any atom is 0.245 e. The van der Waals surface area contributed by atoms with Crippen molar-refractivity contribution < 1.29 is 4.79 Å². The molecule has 0 saturated heterocycles. The molecule has 0 saturated carbocycles. The normalized spacial score (nSPS) is 13.8. The lowest BCUT2D eigenvalue weighted by molar-refractivity contribution is -0.117. The van der Waals surface area contributed by atoms with Gasteiger partial charge < -0.3 is 4.98 Å². The number of nitrogens with one attached hydrogen (secondary N) is 1. The van der Waals surface area contributed by atoms with Gasteiger partial charge in [-0.25, -0.2) is 4.98 Å². The van der Waals surface area contributed by atoms with Gasteiger partial charge in [0.15, 0.2) is 5.16 Å². The number of aromatic nitrogens is 2. The minimum Gasteiger partial charge on any atom is -0.333 e. The summed E-state index contributed by atoms with van der Waals surface area (Å²) < 4.78 is 0. The fraction of sp³-hybridized carbons (Fsp3) is 0.130. The van der Waals surface area contributed by atoms with Crippen LogP contribution < -0.4 is 4.90 Å². The zero-order chi connectivity index (χ0) is 19.8. The summed E-state index contributed by atoms with van der Waals surface area (Å²) in [6.45, 7) is 2.05. The van der Waals surface area contributed by atoms with Gasteiger partial charge in [-0.1, -0.05) is 66.8 Å². The minimum absolute atomic E-state index is 0.0816. The second kappa shape index (κ2) is 7.61. The van der Waals surface area contributed by atoms with Crippen LogP contribution in [0.25, 0.3) is 11.0 Å². The van der Waals surface area contributed by atoms with Crippen molar-refractivity contribution in [3.8, 4) is 0 Å². The number of imidazole rings is 1. The smallest absolute Gasteiger partial charge is 0.245 e. The zero-order valence-electron chi connectivity index (χ0n) is 15.8. The number of benzene rings is 3. The van der Waals surface area contributed by atoms with Crippen LogP contribution in [0.1, 0.15) is 13.3 Å². The molecule has 29 heavy (non-hydrogen) atoms. The number of fused-ring (bicyclic) bond motifs is 3. The van der Waals surface area contributed by atoms with Crippen LogP contribution in [-0.2, 0) is 4.79 Å². The molecule has 3 aromatic carbocycles. The molecule has 1 unspecified atom stereocenters. The Balaban J connectivity index is 1.51. The molecule has 0 aliphatic carbocycles. The Kier molecular flexibility index (Phi) is 4.81. The second-order valence-electron chi connectivity index (χ2n) is 6.79. The van der Waals surface area contributed by atoms with Gasteiger partial charge in [0.2, 0.25) is 5.91 Å².